The Hall–Kier alpha value is -3.80. The van der Waals surface area contributed by atoms with Gasteiger partial charge in [0.1, 0.15) is 11.5 Å². The fourth-order valence-corrected chi connectivity index (χ4v) is 3.83. The maximum atomic E-state index is 12.2. The second kappa shape index (κ2) is 9.34. The van der Waals surface area contributed by atoms with Gasteiger partial charge in [-0.15, -0.1) is 0 Å². The summed E-state index contributed by atoms with van der Waals surface area (Å²) in [6.07, 6.45) is 3.85. The van der Waals surface area contributed by atoms with Gasteiger partial charge in [-0.05, 0) is 72.5 Å². The second-order valence-corrected chi connectivity index (χ2v) is 7.47. The summed E-state index contributed by atoms with van der Waals surface area (Å²) >= 11 is 0. The molecule has 0 bridgehead atoms. The number of amides is 1. The summed E-state index contributed by atoms with van der Waals surface area (Å²) in [4.78, 5) is 14.5. The van der Waals surface area contributed by atoms with Crippen LogP contribution in [0.25, 0.3) is 0 Å². The molecule has 158 valence electrons. The van der Waals surface area contributed by atoms with Crippen LogP contribution in [0.4, 0.5) is 5.69 Å². The molecule has 2 N–H and O–H groups in total. The van der Waals surface area contributed by atoms with E-state index in [2.05, 4.69) is 39.7 Å². The minimum Gasteiger partial charge on any atom is -0.508 e. The number of hydrogen-bond acceptors (Lipinski definition) is 5. The van der Waals surface area contributed by atoms with Crippen LogP contribution in [0.5, 0.6) is 11.5 Å². The van der Waals surface area contributed by atoms with E-state index in [-0.39, 0.29) is 11.7 Å². The minimum atomic E-state index is -0.338. The van der Waals surface area contributed by atoms with E-state index >= 15 is 0 Å². The largest absolute Gasteiger partial charge is 0.508 e. The Bertz CT molecular complexity index is 1090. The van der Waals surface area contributed by atoms with Crippen molar-refractivity contribution in [3.8, 4) is 11.5 Å². The predicted octanol–water partition coefficient (Wildman–Crippen LogP) is 4.12. The fraction of sp³-hybridized carbons (Fsp3) is 0.200. The molecule has 0 saturated heterocycles. The number of carbonyl (C=O) groups excluding carboxylic acids is 1. The zero-order valence-electron chi connectivity index (χ0n) is 17.4. The number of hydrazone groups is 1. The van der Waals surface area contributed by atoms with Crippen LogP contribution in [-0.2, 0) is 13.0 Å². The number of phenols is 1. The second-order valence-electron chi connectivity index (χ2n) is 7.47. The summed E-state index contributed by atoms with van der Waals surface area (Å²) < 4.78 is 5.58. The molecule has 0 aromatic heterocycles. The molecular weight excluding hydrogens is 390 g/mol. The highest BCUT2D eigenvalue weighted by Crippen LogP contribution is 2.30. The van der Waals surface area contributed by atoms with Crippen LogP contribution in [0.15, 0.2) is 71.8 Å². The number of ether oxygens (including phenoxy) is 1. The fourth-order valence-electron chi connectivity index (χ4n) is 3.83. The number of hydrogen-bond donors (Lipinski definition) is 2. The monoisotopic (exact) mass is 415 g/mol. The van der Waals surface area contributed by atoms with Crippen LogP contribution in [-0.4, -0.2) is 30.9 Å². The smallest absolute Gasteiger partial charge is 0.271 e. The Balaban J connectivity index is 1.48. The van der Waals surface area contributed by atoms with E-state index in [9.17, 15) is 9.90 Å². The molecule has 4 rings (SSSR count). The van der Waals surface area contributed by atoms with Gasteiger partial charge in [0.2, 0.25) is 0 Å². The number of anilines is 1. The lowest BCUT2D eigenvalue weighted by atomic mass is 10.0. The number of nitrogens with zero attached hydrogens (tertiary/aromatic N) is 2. The van der Waals surface area contributed by atoms with Gasteiger partial charge < -0.3 is 14.7 Å². The lowest BCUT2D eigenvalue weighted by Crippen LogP contribution is -2.29. The summed E-state index contributed by atoms with van der Waals surface area (Å²) in [5.74, 6) is 0.602. The van der Waals surface area contributed by atoms with Crippen molar-refractivity contribution in [2.45, 2.75) is 19.4 Å². The van der Waals surface area contributed by atoms with E-state index < -0.39 is 0 Å². The molecule has 0 fully saturated rings. The van der Waals surface area contributed by atoms with Crippen molar-refractivity contribution in [1.82, 2.24) is 5.43 Å². The van der Waals surface area contributed by atoms with Crippen molar-refractivity contribution in [2.24, 2.45) is 5.10 Å². The first-order valence-corrected chi connectivity index (χ1v) is 10.3. The van der Waals surface area contributed by atoms with E-state index in [1.165, 1.54) is 23.4 Å². The number of methoxy groups -OCH3 is 1. The molecule has 0 unspecified atom stereocenters. The molecule has 31 heavy (non-hydrogen) atoms. The first-order chi connectivity index (χ1) is 15.1. The van der Waals surface area contributed by atoms with Gasteiger partial charge in [0.05, 0.1) is 13.3 Å². The van der Waals surface area contributed by atoms with Gasteiger partial charge in [0.25, 0.3) is 5.91 Å². The van der Waals surface area contributed by atoms with E-state index in [0.29, 0.717) is 5.56 Å². The number of nitrogens with one attached hydrogen (secondary N) is 1. The van der Waals surface area contributed by atoms with E-state index in [0.717, 1.165) is 42.8 Å². The molecule has 0 saturated carbocycles. The summed E-state index contributed by atoms with van der Waals surface area (Å²) in [5, 5.41) is 13.4. The predicted molar refractivity (Wildman–Crippen MR) is 122 cm³/mol. The molecular formula is C25H25N3O3. The third kappa shape index (κ3) is 4.86. The molecule has 0 aliphatic carbocycles. The quantitative estimate of drug-likeness (QED) is 0.469. The lowest BCUT2D eigenvalue weighted by Gasteiger charge is -2.31. The first-order valence-electron chi connectivity index (χ1n) is 10.3. The minimum absolute atomic E-state index is 0.113. The Morgan fingerprint density at radius 3 is 2.77 bits per heavy atom. The number of aromatic hydroxyl groups is 1. The zero-order chi connectivity index (χ0) is 21.6. The number of para-hydroxylation sites is 1. The normalized spacial score (nSPS) is 13.1. The highest BCUT2D eigenvalue weighted by Gasteiger charge is 2.18. The summed E-state index contributed by atoms with van der Waals surface area (Å²) in [6.45, 7) is 1.74. The standard InChI is InChI=1S/C25H25N3O3/c1-31-24-13-8-18(16-26-27-25(30)20-9-11-22(29)12-10-20)15-21(24)17-28-14-4-6-19-5-2-3-7-23(19)28/h2-3,5,7-13,15-16,29H,4,6,14,17H2,1H3,(H,27,30)/b26-16+. The van der Waals surface area contributed by atoms with Gasteiger partial charge in [0.15, 0.2) is 0 Å². The average molecular weight is 415 g/mol. The SMILES string of the molecule is COc1ccc(/C=N/NC(=O)c2ccc(O)cc2)cc1CN1CCCc2ccccc21. The van der Waals surface area contributed by atoms with Gasteiger partial charge in [-0.2, -0.15) is 5.10 Å². The number of rotatable bonds is 6. The van der Waals surface area contributed by atoms with Crippen molar-refractivity contribution in [1.29, 1.82) is 0 Å². The van der Waals surface area contributed by atoms with Crippen molar-refractivity contribution < 1.29 is 14.6 Å². The van der Waals surface area contributed by atoms with Crippen LogP contribution in [0.2, 0.25) is 0 Å². The maximum Gasteiger partial charge on any atom is 0.271 e. The van der Waals surface area contributed by atoms with Crippen LogP contribution in [0.1, 0.15) is 33.5 Å². The molecule has 6 nitrogen and oxygen atoms in total. The van der Waals surface area contributed by atoms with Gasteiger partial charge in [-0.1, -0.05) is 18.2 Å². The summed E-state index contributed by atoms with van der Waals surface area (Å²) in [7, 11) is 1.68. The van der Waals surface area contributed by atoms with Crippen molar-refractivity contribution in [3.63, 3.8) is 0 Å². The summed E-state index contributed by atoms with van der Waals surface area (Å²) in [6, 6.07) is 20.4. The summed E-state index contributed by atoms with van der Waals surface area (Å²) in [5.41, 5.74) is 7.52. The Morgan fingerprint density at radius 2 is 1.97 bits per heavy atom. The maximum absolute atomic E-state index is 12.2. The van der Waals surface area contributed by atoms with Crippen molar-refractivity contribution >= 4 is 17.8 Å². The van der Waals surface area contributed by atoms with Gasteiger partial charge in [-0.25, -0.2) is 5.43 Å². The molecule has 3 aromatic rings. The third-order valence-electron chi connectivity index (χ3n) is 5.38. The average Bonchev–Trinajstić information content (AvgIpc) is 2.80. The molecule has 1 heterocycles. The van der Waals surface area contributed by atoms with E-state index in [4.69, 9.17) is 4.74 Å². The van der Waals surface area contributed by atoms with E-state index in [1.807, 2.05) is 18.2 Å². The van der Waals surface area contributed by atoms with Gasteiger partial charge in [-0.3, -0.25) is 4.79 Å². The molecule has 0 spiro atoms. The number of aryl methyl sites for hydroxylation is 1. The molecule has 1 aliphatic heterocycles. The lowest BCUT2D eigenvalue weighted by molar-refractivity contribution is 0.0955. The van der Waals surface area contributed by atoms with Crippen molar-refractivity contribution in [3.05, 3.63) is 89.0 Å². The van der Waals surface area contributed by atoms with E-state index in [1.54, 1.807) is 25.5 Å². The molecule has 3 aromatic carbocycles. The van der Waals surface area contributed by atoms with Gasteiger partial charge in [0, 0.05) is 29.9 Å². The number of phenolic OH excluding ortho intramolecular Hbond substituents is 1. The Labute approximate surface area is 181 Å². The van der Waals surface area contributed by atoms with Crippen LogP contribution in [0, 0.1) is 0 Å². The molecule has 0 radical (unpaired) electrons. The number of benzene rings is 3. The highest BCUT2D eigenvalue weighted by molar-refractivity contribution is 5.95. The molecule has 1 amide bonds. The first kappa shape index (κ1) is 20.5. The molecule has 1 aliphatic rings. The van der Waals surface area contributed by atoms with Gasteiger partial charge >= 0.3 is 0 Å². The van der Waals surface area contributed by atoms with Crippen LogP contribution >= 0.6 is 0 Å². The topological polar surface area (TPSA) is 74.2 Å². The zero-order valence-corrected chi connectivity index (χ0v) is 17.4. The highest BCUT2D eigenvalue weighted by atomic mass is 16.5. The Morgan fingerprint density at radius 1 is 1.16 bits per heavy atom. The number of carbonyl (C=O) groups is 1. The molecule has 0 atom stereocenters. The number of fused-ring (bicyclic) bond motifs is 1. The van der Waals surface area contributed by atoms with Crippen LogP contribution < -0.4 is 15.1 Å². The molecule has 6 heteroatoms. The Kier molecular flexibility index (Phi) is 6.17. The van der Waals surface area contributed by atoms with Crippen LogP contribution in [0.3, 0.4) is 0 Å². The third-order valence-corrected chi connectivity index (χ3v) is 5.38. The van der Waals surface area contributed by atoms with Crippen molar-refractivity contribution in [2.75, 3.05) is 18.6 Å².